The molecule has 1 saturated heterocycles. The molecule has 0 aliphatic carbocycles. The van der Waals surface area contributed by atoms with Gasteiger partial charge in [0.15, 0.2) is 0 Å². The van der Waals surface area contributed by atoms with Crippen LogP contribution >= 0.6 is 0 Å². The number of nitrogens with one attached hydrogen (secondary N) is 1. The fourth-order valence-corrected chi connectivity index (χ4v) is 2.93. The number of piperidine rings is 1. The fourth-order valence-electron chi connectivity index (χ4n) is 2.93. The molecular weight excluding hydrogens is 248 g/mol. The zero-order valence-corrected chi connectivity index (χ0v) is 12.0. The van der Waals surface area contributed by atoms with Gasteiger partial charge in [0, 0.05) is 31.2 Å². The van der Waals surface area contributed by atoms with Crippen LogP contribution in [0, 0.1) is 5.92 Å². The SMILES string of the molecule is CN1CCCC(Cn2ccnc2Nc2ccccc2)C1. The smallest absolute Gasteiger partial charge is 0.207 e. The summed E-state index contributed by atoms with van der Waals surface area (Å²) in [5, 5.41) is 3.39. The Kier molecular flexibility index (Phi) is 4.02. The van der Waals surface area contributed by atoms with E-state index in [0.717, 1.165) is 24.1 Å². The van der Waals surface area contributed by atoms with Crippen LogP contribution in [0.25, 0.3) is 0 Å². The number of benzene rings is 1. The Bertz CT molecular complexity index is 534. The molecule has 1 aliphatic rings. The Morgan fingerprint density at radius 1 is 1.30 bits per heavy atom. The van der Waals surface area contributed by atoms with Gasteiger partial charge in [0.05, 0.1) is 0 Å². The van der Waals surface area contributed by atoms with Crippen molar-refractivity contribution in [2.24, 2.45) is 5.92 Å². The number of hydrogen-bond acceptors (Lipinski definition) is 3. The van der Waals surface area contributed by atoms with Gasteiger partial charge in [-0.25, -0.2) is 4.98 Å². The first-order chi connectivity index (χ1) is 9.81. The molecule has 106 valence electrons. The number of likely N-dealkylation sites (tertiary alicyclic amines) is 1. The van der Waals surface area contributed by atoms with Crippen molar-refractivity contribution in [1.82, 2.24) is 14.5 Å². The molecule has 1 fully saturated rings. The highest BCUT2D eigenvalue weighted by atomic mass is 15.2. The van der Waals surface area contributed by atoms with Crippen LogP contribution in [0.5, 0.6) is 0 Å². The number of aromatic nitrogens is 2. The van der Waals surface area contributed by atoms with Gasteiger partial charge in [0.1, 0.15) is 0 Å². The summed E-state index contributed by atoms with van der Waals surface area (Å²) < 4.78 is 2.23. The third-order valence-corrected chi connectivity index (χ3v) is 3.92. The quantitative estimate of drug-likeness (QED) is 0.927. The van der Waals surface area contributed by atoms with Gasteiger partial charge in [-0.3, -0.25) is 0 Å². The Morgan fingerprint density at radius 2 is 2.15 bits per heavy atom. The predicted molar refractivity (Wildman–Crippen MR) is 82.2 cm³/mol. The molecule has 1 atom stereocenters. The standard InChI is InChI=1S/C16H22N4/c1-19-10-5-6-14(12-19)13-20-11-9-17-16(20)18-15-7-3-2-4-8-15/h2-4,7-9,11,14H,5-6,10,12-13H2,1H3,(H,17,18). The van der Waals surface area contributed by atoms with Crippen LogP contribution in [-0.4, -0.2) is 34.6 Å². The van der Waals surface area contributed by atoms with E-state index in [1.54, 1.807) is 0 Å². The lowest BCUT2D eigenvalue weighted by Crippen LogP contribution is -2.34. The van der Waals surface area contributed by atoms with Crippen LogP contribution < -0.4 is 5.32 Å². The zero-order chi connectivity index (χ0) is 13.8. The fraction of sp³-hybridized carbons (Fsp3) is 0.438. The topological polar surface area (TPSA) is 33.1 Å². The van der Waals surface area contributed by atoms with Crippen molar-refractivity contribution in [3.63, 3.8) is 0 Å². The molecule has 2 aromatic rings. The van der Waals surface area contributed by atoms with Gasteiger partial charge in [0.25, 0.3) is 0 Å². The third kappa shape index (κ3) is 3.20. The number of imidazole rings is 1. The maximum Gasteiger partial charge on any atom is 0.207 e. The molecule has 0 spiro atoms. The first-order valence-corrected chi connectivity index (χ1v) is 7.33. The minimum Gasteiger partial charge on any atom is -0.326 e. The van der Waals surface area contributed by atoms with Crippen molar-refractivity contribution in [3.8, 4) is 0 Å². The third-order valence-electron chi connectivity index (χ3n) is 3.92. The molecular formula is C16H22N4. The molecule has 1 aromatic carbocycles. The van der Waals surface area contributed by atoms with Crippen molar-refractivity contribution in [2.45, 2.75) is 19.4 Å². The highest BCUT2D eigenvalue weighted by Gasteiger charge is 2.18. The second kappa shape index (κ2) is 6.09. The normalized spacial score (nSPS) is 19.9. The number of rotatable bonds is 4. The predicted octanol–water partition coefficient (Wildman–Crippen LogP) is 2.97. The zero-order valence-electron chi connectivity index (χ0n) is 12.0. The summed E-state index contributed by atoms with van der Waals surface area (Å²) >= 11 is 0. The second-order valence-electron chi connectivity index (χ2n) is 5.66. The maximum absolute atomic E-state index is 4.43. The summed E-state index contributed by atoms with van der Waals surface area (Å²) in [6.45, 7) is 3.46. The molecule has 0 bridgehead atoms. The number of anilines is 2. The average molecular weight is 270 g/mol. The van der Waals surface area contributed by atoms with Gasteiger partial charge in [-0.1, -0.05) is 18.2 Å². The summed E-state index contributed by atoms with van der Waals surface area (Å²) in [5.41, 5.74) is 1.08. The monoisotopic (exact) mass is 270 g/mol. The average Bonchev–Trinajstić information content (AvgIpc) is 2.87. The molecule has 1 N–H and O–H groups in total. The minimum absolute atomic E-state index is 0.722. The lowest BCUT2D eigenvalue weighted by Gasteiger charge is -2.30. The lowest BCUT2D eigenvalue weighted by atomic mass is 9.98. The van der Waals surface area contributed by atoms with Crippen LogP contribution in [-0.2, 0) is 6.54 Å². The first kappa shape index (κ1) is 13.2. The molecule has 4 nitrogen and oxygen atoms in total. The molecule has 0 saturated carbocycles. The van der Waals surface area contributed by atoms with Gasteiger partial charge in [-0.15, -0.1) is 0 Å². The van der Waals surface area contributed by atoms with E-state index in [1.165, 1.54) is 25.9 Å². The van der Waals surface area contributed by atoms with Crippen molar-refractivity contribution < 1.29 is 0 Å². The van der Waals surface area contributed by atoms with Gasteiger partial charge < -0.3 is 14.8 Å². The summed E-state index contributed by atoms with van der Waals surface area (Å²) in [5.74, 6) is 1.66. The highest BCUT2D eigenvalue weighted by Crippen LogP contribution is 2.20. The van der Waals surface area contributed by atoms with E-state index >= 15 is 0 Å². The van der Waals surface area contributed by atoms with E-state index in [2.05, 4.69) is 45.1 Å². The van der Waals surface area contributed by atoms with Crippen LogP contribution in [0.4, 0.5) is 11.6 Å². The van der Waals surface area contributed by atoms with E-state index in [0.29, 0.717) is 0 Å². The van der Waals surface area contributed by atoms with Gasteiger partial charge in [0.2, 0.25) is 5.95 Å². The molecule has 1 unspecified atom stereocenters. The van der Waals surface area contributed by atoms with Gasteiger partial charge >= 0.3 is 0 Å². The molecule has 1 aromatic heterocycles. The van der Waals surface area contributed by atoms with E-state index in [1.807, 2.05) is 24.4 Å². The second-order valence-corrected chi connectivity index (χ2v) is 5.66. The van der Waals surface area contributed by atoms with E-state index in [4.69, 9.17) is 0 Å². The molecule has 4 heteroatoms. The Labute approximate surface area is 120 Å². The van der Waals surface area contributed by atoms with Gasteiger partial charge in [-0.05, 0) is 44.5 Å². The number of hydrogen-bond donors (Lipinski definition) is 1. The summed E-state index contributed by atoms with van der Waals surface area (Å²) in [7, 11) is 2.21. The Morgan fingerprint density at radius 3 is 2.95 bits per heavy atom. The van der Waals surface area contributed by atoms with Crippen molar-refractivity contribution >= 4 is 11.6 Å². The summed E-state index contributed by atoms with van der Waals surface area (Å²) in [6, 6.07) is 10.2. The van der Waals surface area contributed by atoms with E-state index in [9.17, 15) is 0 Å². The van der Waals surface area contributed by atoms with Crippen LogP contribution in [0.15, 0.2) is 42.7 Å². The largest absolute Gasteiger partial charge is 0.326 e. The van der Waals surface area contributed by atoms with E-state index < -0.39 is 0 Å². The number of para-hydroxylation sites is 1. The Balaban J connectivity index is 1.67. The van der Waals surface area contributed by atoms with Crippen LogP contribution in [0.1, 0.15) is 12.8 Å². The molecule has 1 aliphatic heterocycles. The highest BCUT2D eigenvalue weighted by molar-refractivity contribution is 5.52. The van der Waals surface area contributed by atoms with Crippen LogP contribution in [0.2, 0.25) is 0 Å². The van der Waals surface area contributed by atoms with Crippen molar-refractivity contribution in [1.29, 1.82) is 0 Å². The summed E-state index contributed by atoms with van der Waals surface area (Å²) in [6.07, 6.45) is 6.56. The molecule has 0 amide bonds. The Hall–Kier alpha value is -1.81. The van der Waals surface area contributed by atoms with Gasteiger partial charge in [-0.2, -0.15) is 0 Å². The first-order valence-electron chi connectivity index (χ1n) is 7.33. The minimum atomic E-state index is 0.722. The molecule has 20 heavy (non-hydrogen) atoms. The van der Waals surface area contributed by atoms with E-state index in [-0.39, 0.29) is 0 Å². The molecule has 0 radical (unpaired) electrons. The summed E-state index contributed by atoms with van der Waals surface area (Å²) in [4.78, 5) is 6.86. The van der Waals surface area contributed by atoms with Crippen LogP contribution in [0.3, 0.4) is 0 Å². The van der Waals surface area contributed by atoms with Crippen molar-refractivity contribution in [2.75, 3.05) is 25.5 Å². The number of nitrogens with zero attached hydrogens (tertiary/aromatic N) is 3. The molecule has 2 heterocycles. The maximum atomic E-state index is 4.43. The lowest BCUT2D eigenvalue weighted by molar-refractivity contribution is 0.195. The molecule has 3 rings (SSSR count). The van der Waals surface area contributed by atoms with Crippen molar-refractivity contribution in [3.05, 3.63) is 42.7 Å².